The van der Waals surface area contributed by atoms with Gasteiger partial charge in [-0.3, -0.25) is 0 Å². The number of aromatic nitrogens is 1. The van der Waals surface area contributed by atoms with Crippen molar-refractivity contribution in [2.75, 3.05) is 20.8 Å². The normalized spacial score (nSPS) is 10.9. The van der Waals surface area contributed by atoms with Crippen molar-refractivity contribution in [1.29, 1.82) is 0 Å². The molecule has 0 saturated heterocycles. The zero-order chi connectivity index (χ0) is 19.1. The second-order valence-electron chi connectivity index (χ2n) is 5.65. The zero-order valence-corrected chi connectivity index (χ0v) is 19.4. The molecule has 150 valence electrons. The Bertz CT molecular complexity index is 735. The van der Waals surface area contributed by atoms with E-state index < -0.39 is 0 Å². The summed E-state index contributed by atoms with van der Waals surface area (Å²) in [5.74, 6) is 1.41. The van der Waals surface area contributed by atoms with E-state index in [1.54, 1.807) is 23.5 Å². The molecule has 0 saturated carbocycles. The fourth-order valence-electron chi connectivity index (χ4n) is 2.33. The van der Waals surface area contributed by atoms with Crippen molar-refractivity contribution in [2.45, 2.75) is 33.9 Å². The van der Waals surface area contributed by atoms with Gasteiger partial charge in [-0.1, -0.05) is 0 Å². The Labute approximate surface area is 181 Å². The van der Waals surface area contributed by atoms with Crippen LogP contribution in [0.15, 0.2) is 17.1 Å². The zero-order valence-electron chi connectivity index (χ0n) is 16.3. The number of benzene rings is 1. The summed E-state index contributed by atoms with van der Waals surface area (Å²) in [4.78, 5) is 10.3. The van der Waals surface area contributed by atoms with Crippen molar-refractivity contribution in [3.05, 3.63) is 33.3 Å². The van der Waals surface area contributed by atoms with Gasteiger partial charge in [0.1, 0.15) is 5.01 Å². The molecule has 0 aliphatic rings. The fourth-order valence-corrected chi connectivity index (χ4v) is 3.20. The molecule has 2 aromatic rings. The average Bonchev–Trinajstić information content (AvgIpc) is 2.96. The van der Waals surface area contributed by atoms with Crippen LogP contribution in [0.25, 0.3) is 0 Å². The molecule has 0 aliphatic heterocycles. The van der Waals surface area contributed by atoms with E-state index in [0.29, 0.717) is 30.5 Å². The maximum Gasteiger partial charge on any atom is 0.200 e. The van der Waals surface area contributed by atoms with Crippen LogP contribution in [0.1, 0.15) is 28.1 Å². The number of aryl methyl sites for hydroxylation is 2. The van der Waals surface area contributed by atoms with Crippen molar-refractivity contribution >= 4 is 41.3 Å². The first-order valence-corrected chi connectivity index (χ1v) is 9.19. The molecule has 1 aromatic carbocycles. The summed E-state index contributed by atoms with van der Waals surface area (Å²) in [6.45, 7) is 7.89. The number of nitrogens with one attached hydrogen (secondary N) is 2. The van der Waals surface area contributed by atoms with Gasteiger partial charge in [0.15, 0.2) is 17.5 Å². The SMILES string of the molecule is CCNC(=NCc1cc(OC)c(O)c(OC)c1)NCc1nc(C)c(C)s1.I. The lowest BCUT2D eigenvalue weighted by Gasteiger charge is -2.12. The van der Waals surface area contributed by atoms with Crippen LogP contribution in [0.4, 0.5) is 0 Å². The summed E-state index contributed by atoms with van der Waals surface area (Å²) in [6, 6.07) is 3.50. The van der Waals surface area contributed by atoms with Gasteiger partial charge in [0, 0.05) is 11.4 Å². The number of nitrogens with zero attached hydrogens (tertiary/aromatic N) is 2. The summed E-state index contributed by atoms with van der Waals surface area (Å²) < 4.78 is 10.4. The van der Waals surface area contributed by atoms with Gasteiger partial charge in [-0.25, -0.2) is 9.98 Å². The quantitative estimate of drug-likeness (QED) is 0.303. The van der Waals surface area contributed by atoms with Gasteiger partial charge in [0.2, 0.25) is 5.75 Å². The number of thiazole rings is 1. The van der Waals surface area contributed by atoms with E-state index in [-0.39, 0.29) is 29.7 Å². The number of guanidine groups is 1. The number of aliphatic imine (C=N–C) groups is 1. The highest BCUT2D eigenvalue weighted by Crippen LogP contribution is 2.37. The molecule has 0 unspecified atom stereocenters. The first-order valence-electron chi connectivity index (χ1n) is 8.37. The third-order valence-corrected chi connectivity index (χ3v) is 4.86. The van der Waals surface area contributed by atoms with E-state index in [1.165, 1.54) is 19.1 Å². The van der Waals surface area contributed by atoms with E-state index in [0.717, 1.165) is 22.8 Å². The van der Waals surface area contributed by atoms with Crippen LogP contribution >= 0.6 is 35.3 Å². The van der Waals surface area contributed by atoms with E-state index in [4.69, 9.17) is 9.47 Å². The van der Waals surface area contributed by atoms with Gasteiger partial charge < -0.3 is 25.2 Å². The summed E-state index contributed by atoms with van der Waals surface area (Å²) in [6.07, 6.45) is 0. The predicted octanol–water partition coefficient (Wildman–Crippen LogP) is 3.36. The van der Waals surface area contributed by atoms with Crippen LogP contribution in [0.5, 0.6) is 17.2 Å². The molecule has 7 nitrogen and oxygen atoms in total. The Morgan fingerprint density at radius 3 is 2.30 bits per heavy atom. The molecule has 2 rings (SSSR count). The van der Waals surface area contributed by atoms with Crippen molar-refractivity contribution in [3.8, 4) is 17.2 Å². The van der Waals surface area contributed by atoms with Crippen LogP contribution in [0.2, 0.25) is 0 Å². The number of hydrogen-bond acceptors (Lipinski definition) is 6. The smallest absolute Gasteiger partial charge is 0.200 e. The van der Waals surface area contributed by atoms with Crippen molar-refractivity contribution in [3.63, 3.8) is 0 Å². The Hall–Kier alpha value is -1.75. The molecule has 0 radical (unpaired) electrons. The number of methoxy groups -OCH3 is 2. The van der Waals surface area contributed by atoms with Crippen LogP contribution in [0.3, 0.4) is 0 Å². The first kappa shape index (κ1) is 23.3. The van der Waals surface area contributed by atoms with Crippen LogP contribution < -0.4 is 20.1 Å². The Kier molecular flexibility index (Phi) is 9.64. The minimum absolute atomic E-state index is 0. The number of aromatic hydroxyl groups is 1. The minimum Gasteiger partial charge on any atom is -0.502 e. The van der Waals surface area contributed by atoms with Gasteiger partial charge >= 0.3 is 0 Å². The number of rotatable bonds is 7. The Balaban J connectivity index is 0.00000364. The number of halogens is 1. The molecule has 0 aliphatic carbocycles. The Morgan fingerprint density at radius 1 is 1.19 bits per heavy atom. The minimum atomic E-state index is -0.0118. The van der Waals surface area contributed by atoms with Crippen molar-refractivity contribution in [1.82, 2.24) is 15.6 Å². The third kappa shape index (κ3) is 6.42. The third-order valence-electron chi connectivity index (χ3n) is 3.78. The maximum atomic E-state index is 9.99. The van der Waals surface area contributed by atoms with E-state index in [9.17, 15) is 5.11 Å². The van der Waals surface area contributed by atoms with Gasteiger partial charge in [-0.2, -0.15) is 0 Å². The summed E-state index contributed by atoms with van der Waals surface area (Å²) in [5.41, 5.74) is 1.94. The van der Waals surface area contributed by atoms with Crippen LogP contribution in [0, 0.1) is 13.8 Å². The second-order valence-corrected chi connectivity index (χ2v) is 6.93. The number of ether oxygens (including phenoxy) is 2. The topological polar surface area (TPSA) is 88.0 Å². The van der Waals surface area contributed by atoms with Crippen LogP contribution in [-0.4, -0.2) is 36.8 Å². The fraction of sp³-hybridized carbons (Fsp3) is 0.444. The standard InChI is InChI=1S/C18H26N4O3S.HI/c1-6-19-18(21-10-16-22-11(2)12(3)26-16)20-9-13-7-14(24-4)17(23)15(8-13)25-5;/h7-8,23H,6,9-10H2,1-5H3,(H2,19,20,21);1H. The Morgan fingerprint density at radius 2 is 1.81 bits per heavy atom. The molecular formula is C18H27IN4O3S. The van der Waals surface area contributed by atoms with Gasteiger partial charge in [-0.15, -0.1) is 35.3 Å². The monoisotopic (exact) mass is 506 g/mol. The largest absolute Gasteiger partial charge is 0.502 e. The van der Waals surface area contributed by atoms with E-state index in [2.05, 4.69) is 27.5 Å². The molecule has 0 spiro atoms. The molecule has 0 fully saturated rings. The second kappa shape index (κ2) is 11.2. The number of phenols is 1. The van der Waals surface area contributed by atoms with Crippen molar-refractivity contribution in [2.24, 2.45) is 4.99 Å². The highest BCUT2D eigenvalue weighted by molar-refractivity contribution is 14.0. The highest BCUT2D eigenvalue weighted by atomic mass is 127. The maximum absolute atomic E-state index is 9.99. The summed E-state index contributed by atoms with van der Waals surface area (Å²) in [5, 5.41) is 17.5. The first-order chi connectivity index (χ1) is 12.5. The van der Waals surface area contributed by atoms with E-state index in [1.807, 2.05) is 13.8 Å². The van der Waals surface area contributed by atoms with Gasteiger partial charge in [-0.05, 0) is 38.5 Å². The lowest BCUT2D eigenvalue weighted by molar-refractivity contribution is 0.339. The molecule has 27 heavy (non-hydrogen) atoms. The lowest BCUT2D eigenvalue weighted by atomic mass is 10.2. The van der Waals surface area contributed by atoms with Crippen LogP contribution in [-0.2, 0) is 13.1 Å². The molecular weight excluding hydrogens is 479 g/mol. The number of hydrogen-bond donors (Lipinski definition) is 3. The predicted molar refractivity (Wildman–Crippen MR) is 120 cm³/mol. The molecule has 0 amide bonds. The lowest BCUT2D eigenvalue weighted by Crippen LogP contribution is -2.36. The number of phenolic OH excluding ortho intramolecular Hbond substituents is 1. The van der Waals surface area contributed by atoms with Gasteiger partial charge in [0.05, 0.1) is 33.0 Å². The highest BCUT2D eigenvalue weighted by Gasteiger charge is 2.11. The van der Waals surface area contributed by atoms with E-state index >= 15 is 0 Å². The van der Waals surface area contributed by atoms with Gasteiger partial charge in [0.25, 0.3) is 0 Å². The molecule has 9 heteroatoms. The van der Waals surface area contributed by atoms with Crippen molar-refractivity contribution < 1.29 is 14.6 Å². The molecule has 1 aromatic heterocycles. The molecule has 3 N–H and O–H groups in total. The molecule has 0 atom stereocenters. The summed E-state index contributed by atoms with van der Waals surface area (Å²) >= 11 is 1.68. The summed E-state index contributed by atoms with van der Waals surface area (Å²) in [7, 11) is 3.01. The molecule has 0 bridgehead atoms. The molecule has 1 heterocycles. The average molecular weight is 506 g/mol.